The Morgan fingerprint density at radius 1 is 1.88 bits per heavy atom. The summed E-state index contributed by atoms with van der Waals surface area (Å²) < 4.78 is 0. The van der Waals surface area contributed by atoms with Crippen molar-refractivity contribution in [2.24, 2.45) is 10.2 Å². The van der Waals surface area contributed by atoms with Crippen LogP contribution in [-0.4, -0.2) is 12.2 Å². The summed E-state index contributed by atoms with van der Waals surface area (Å²) in [5.41, 5.74) is 0. The molecule has 0 radical (unpaired) electrons. The van der Waals surface area contributed by atoms with Crippen molar-refractivity contribution in [3.63, 3.8) is 0 Å². The lowest BCUT2D eigenvalue weighted by Gasteiger charge is -1.97. The van der Waals surface area contributed by atoms with Gasteiger partial charge in [-0.15, -0.1) is 0 Å². The highest BCUT2D eigenvalue weighted by Crippen LogP contribution is 2.00. The van der Waals surface area contributed by atoms with Crippen LogP contribution >= 0.6 is 0 Å². The lowest BCUT2D eigenvalue weighted by atomic mass is 10.4. The first kappa shape index (κ1) is 5.21. The molecule has 1 rings (SSSR count). The molecule has 1 aliphatic heterocycles. The van der Waals surface area contributed by atoms with E-state index >= 15 is 0 Å². The molecule has 44 valence electrons. The van der Waals surface area contributed by atoms with Crippen LogP contribution in [0.15, 0.2) is 10.2 Å². The molecule has 0 aliphatic carbocycles. The second-order valence-electron chi connectivity index (χ2n) is 1.59. The van der Waals surface area contributed by atoms with Crippen molar-refractivity contribution in [3.05, 3.63) is 0 Å². The minimum Gasteiger partial charge on any atom is -0.311 e. The van der Waals surface area contributed by atoms with E-state index in [0.29, 0.717) is 0 Å². The molecule has 8 heavy (non-hydrogen) atoms. The number of hydrogen-bond donors (Lipinski definition) is 1. The van der Waals surface area contributed by atoms with Gasteiger partial charge in [-0.25, -0.2) is 4.79 Å². The average molecular weight is 113 g/mol. The first-order valence-electron chi connectivity index (χ1n) is 2.54. The van der Waals surface area contributed by atoms with Crippen molar-refractivity contribution < 1.29 is 4.79 Å². The minimum absolute atomic E-state index is 0.0671. The number of urea groups is 1. The Morgan fingerprint density at radius 2 is 2.62 bits per heavy atom. The van der Waals surface area contributed by atoms with E-state index in [1.165, 1.54) is 0 Å². The number of carbonyl (C=O) groups is 1. The van der Waals surface area contributed by atoms with Gasteiger partial charge in [-0.1, -0.05) is 12.0 Å². The molecule has 1 unspecified atom stereocenters. The summed E-state index contributed by atoms with van der Waals surface area (Å²) in [6, 6.07) is -0.322. The summed E-state index contributed by atoms with van der Waals surface area (Å²) in [6.07, 6.45) is 0.748. The van der Waals surface area contributed by atoms with Gasteiger partial charge in [0.05, 0.1) is 0 Å². The van der Waals surface area contributed by atoms with E-state index in [4.69, 9.17) is 0 Å². The lowest BCUT2D eigenvalue weighted by Crippen LogP contribution is -2.23. The zero-order valence-electron chi connectivity index (χ0n) is 4.59. The molecule has 0 bridgehead atoms. The third-order valence-electron chi connectivity index (χ3n) is 0.965. The van der Waals surface area contributed by atoms with Gasteiger partial charge in [0.25, 0.3) is 0 Å². The van der Waals surface area contributed by atoms with Crippen LogP contribution in [-0.2, 0) is 0 Å². The standard InChI is InChI=1S/C4H7N3O/c1-2-3-5-4(8)7-6-3/h3H,2H2,1H3,(H,5,8). The zero-order chi connectivity index (χ0) is 5.98. The fourth-order valence-electron chi connectivity index (χ4n) is 0.506. The van der Waals surface area contributed by atoms with Crippen LogP contribution < -0.4 is 5.32 Å². The SMILES string of the molecule is CCC1N=NC(=O)N1. The molecule has 0 aromatic carbocycles. The average Bonchev–Trinajstić information content (AvgIpc) is 2.14. The summed E-state index contributed by atoms with van der Waals surface area (Å²) in [5.74, 6) is 0. The number of azo groups is 1. The van der Waals surface area contributed by atoms with Crippen molar-refractivity contribution in [3.8, 4) is 0 Å². The molecule has 1 aliphatic rings. The molecule has 0 spiro atoms. The van der Waals surface area contributed by atoms with Crippen molar-refractivity contribution in [2.75, 3.05) is 0 Å². The van der Waals surface area contributed by atoms with E-state index in [0.717, 1.165) is 6.42 Å². The van der Waals surface area contributed by atoms with Crippen LogP contribution in [0, 0.1) is 0 Å². The van der Waals surface area contributed by atoms with Crippen LogP contribution in [0.5, 0.6) is 0 Å². The molecule has 0 aromatic rings. The normalized spacial score (nSPS) is 26.1. The second-order valence-corrected chi connectivity index (χ2v) is 1.59. The number of rotatable bonds is 1. The molecular formula is C4H7N3O. The Bertz CT molecular complexity index is 131. The van der Waals surface area contributed by atoms with Gasteiger partial charge in [0, 0.05) is 0 Å². The van der Waals surface area contributed by atoms with Crippen molar-refractivity contribution >= 4 is 6.03 Å². The highest BCUT2D eigenvalue weighted by atomic mass is 16.2. The first-order chi connectivity index (χ1) is 3.83. The number of nitrogens with one attached hydrogen (secondary N) is 1. The molecule has 0 saturated carbocycles. The van der Waals surface area contributed by atoms with Gasteiger partial charge in [0.2, 0.25) is 0 Å². The first-order valence-corrected chi connectivity index (χ1v) is 2.54. The van der Waals surface area contributed by atoms with Crippen molar-refractivity contribution in [1.82, 2.24) is 5.32 Å². The number of carbonyl (C=O) groups excluding carboxylic acids is 1. The predicted octanol–water partition coefficient (Wildman–Crippen LogP) is 0.898. The molecule has 1 heterocycles. The third kappa shape index (κ3) is 0.828. The highest BCUT2D eigenvalue weighted by Gasteiger charge is 2.13. The molecule has 0 aromatic heterocycles. The maximum atomic E-state index is 10.2. The second kappa shape index (κ2) is 1.90. The monoisotopic (exact) mass is 113 g/mol. The van der Waals surface area contributed by atoms with Crippen LogP contribution in [0.4, 0.5) is 4.79 Å². The summed E-state index contributed by atoms with van der Waals surface area (Å²) in [5, 5.41) is 9.39. The summed E-state index contributed by atoms with van der Waals surface area (Å²) >= 11 is 0. The smallest absolute Gasteiger partial charge is 0.311 e. The Hall–Kier alpha value is -0.930. The maximum Gasteiger partial charge on any atom is 0.361 e. The molecule has 0 saturated heterocycles. The van der Waals surface area contributed by atoms with Crippen molar-refractivity contribution in [1.29, 1.82) is 0 Å². The molecular weight excluding hydrogens is 106 g/mol. The molecule has 1 N–H and O–H groups in total. The van der Waals surface area contributed by atoms with E-state index in [1.807, 2.05) is 6.92 Å². The molecule has 2 amide bonds. The van der Waals surface area contributed by atoms with Crippen molar-refractivity contribution in [2.45, 2.75) is 19.5 Å². The van der Waals surface area contributed by atoms with Crippen LogP contribution in [0.2, 0.25) is 0 Å². The van der Waals surface area contributed by atoms with E-state index < -0.39 is 0 Å². The lowest BCUT2D eigenvalue weighted by molar-refractivity contribution is 0.250. The fourth-order valence-corrected chi connectivity index (χ4v) is 0.506. The number of amides is 2. The van der Waals surface area contributed by atoms with Crippen LogP contribution in [0.3, 0.4) is 0 Å². The van der Waals surface area contributed by atoms with Gasteiger partial charge < -0.3 is 5.32 Å². The van der Waals surface area contributed by atoms with Crippen LogP contribution in [0.25, 0.3) is 0 Å². The quantitative estimate of drug-likeness (QED) is 0.539. The molecule has 0 fully saturated rings. The van der Waals surface area contributed by atoms with E-state index in [-0.39, 0.29) is 12.2 Å². The largest absolute Gasteiger partial charge is 0.361 e. The Kier molecular flexibility index (Phi) is 1.24. The molecule has 4 heteroatoms. The minimum atomic E-state index is -0.322. The highest BCUT2D eigenvalue weighted by molar-refractivity contribution is 5.75. The van der Waals surface area contributed by atoms with E-state index in [1.54, 1.807) is 0 Å². The zero-order valence-corrected chi connectivity index (χ0v) is 4.59. The molecule has 1 atom stereocenters. The van der Waals surface area contributed by atoms with Gasteiger partial charge in [-0.05, 0) is 6.42 Å². The predicted molar refractivity (Wildman–Crippen MR) is 27.5 cm³/mol. The van der Waals surface area contributed by atoms with E-state index in [2.05, 4.69) is 15.5 Å². The Labute approximate surface area is 47.0 Å². The third-order valence-corrected chi connectivity index (χ3v) is 0.965. The summed E-state index contributed by atoms with van der Waals surface area (Å²) in [4.78, 5) is 10.2. The van der Waals surface area contributed by atoms with Gasteiger partial charge in [0.1, 0.15) is 6.17 Å². The topological polar surface area (TPSA) is 53.8 Å². The van der Waals surface area contributed by atoms with E-state index in [9.17, 15) is 4.79 Å². The molecule has 4 nitrogen and oxygen atoms in total. The Balaban J connectivity index is 2.46. The number of hydrogen-bond acceptors (Lipinski definition) is 2. The van der Waals surface area contributed by atoms with Crippen LogP contribution in [0.1, 0.15) is 13.3 Å². The maximum absolute atomic E-state index is 10.2. The van der Waals surface area contributed by atoms with Gasteiger partial charge in [0.15, 0.2) is 0 Å². The summed E-state index contributed by atoms with van der Waals surface area (Å²) in [6.45, 7) is 1.94. The summed E-state index contributed by atoms with van der Waals surface area (Å²) in [7, 11) is 0. The van der Waals surface area contributed by atoms with Gasteiger partial charge in [-0.2, -0.15) is 5.11 Å². The van der Waals surface area contributed by atoms with Gasteiger partial charge >= 0.3 is 6.03 Å². The number of nitrogens with zero attached hydrogens (tertiary/aromatic N) is 2. The Morgan fingerprint density at radius 3 is 2.88 bits per heavy atom. The van der Waals surface area contributed by atoms with Gasteiger partial charge in [-0.3, -0.25) is 0 Å². The fraction of sp³-hybridized carbons (Fsp3) is 0.750.